The lowest BCUT2D eigenvalue weighted by Gasteiger charge is -2.39. The van der Waals surface area contributed by atoms with E-state index < -0.39 is 0 Å². The van der Waals surface area contributed by atoms with Crippen LogP contribution in [0.5, 0.6) is 0 Å². The molecule has 3 saturated heterocycles. The van der Waals surface area contributed by atoms with Crippen LogP contribution in [0.25, 0.3) is 0 Å². The number of likely N-dealkylation sites (N-methyl/N-ethyl adjacent to an activating group) is 1. The molecule has 0 bridgehead atoms. The average Bonchev–Trinajstić information content (AvgIpc) is 3.06. The minimum atomic E-state index is -0.0660. The SMILES string of the molecule is C#CCNC(=O)CCC1CNC(=O)C2C(CCN2C2CCN(C)CC2)N1C. The minimum absolute atomic E-state index is 0.0205. The van der Waals surface area contributed by atoms with E-state index in [4.69, 9.17) is 6.42 Å². The molecule has 3 heterocycles. The molecule has 3 atom stereocenters. The van der Waals surface area contributed by atoms with Crippen LogP contribution in [-0.4, -0.2) is 97.5 Å². The van der Waals surface area contributed by atoms with Gasteiger partial charge < -0.3 is 15.5 Å². The lowest BCUT2D eigenvalue weighted by atomic mass is 10.0. The molecule has 2 amide bonds. The van der Waals surface area contributed by atoms with E-state index in [2.05, 4.69) is 45.3 Å². The van der Waals surface area contributed by atoms with Gasteiger partial charge in [0.15, 0.2) is 0 Å². The van der Waals surface area contributed by atoms with Gasteiger partial charge >= 0.3 is 0 Å². The molecule has 0 spiro atoms. The van der Waals surface area contributed by atoms with Crippen LogP contribution in [-0.2, 0) is 9.59 Å². The Morgan fingerprint density at radius 3 is 2.70 bits per heavy atom. The van der Waals surface area contributed by atoms with E-state index in [1.54, 1.807) is 0 Å². The number of carbonyl (C=O) groups excluding carboxylic acids is 2. The monoisotopic (exact) mass is 375 g/mol. The first-order chi connectivity index (χ1) is 13.0. The van der Waals surface area contributed by atoms with Gasteiger partial charge in [-0.1, -0.05) is 5.92 Å². The molecule has 3 unspecified atom stereocenters. The first kappa shape index (κ1) is 20.1. The van der Waals surface area contributed by atoms with Gasteiger partial charge in [-0.25, -0.2) is 0 Å². The molecule has 7 nitrogen and oxygen atoms in total. The summed E-state index contributed by atoms with van der Waals surface area (Å²) >= 11 is 0. The summed E-state index contributed by atoms with van der Waals surface area (Å²) in [4.78, 5) is 31.9. The second-order valence-corrected chi connectivity index (χ2v) is 8.16. The molecule has 0 saturated carbocycles. The highest BCUT2D eigenvalue weighted by molar-refractivity contribution is 5.83. The first-order valence-corrected chi connectivity index (χ1v) is 10.2. The number of nitrogens with zero attached hydrogens (tertiary/aromatic N) is 3. The fourth-order valence-corrected chi connectivity index (χ4v) is 4.87. The van der Waals surface area contributed by atoms with Gasteiger partial charge in [0.05, 0.1) is 6.54 Å². The van der Waals surface area contributed by atoms with Crippen molar-refractivity contribution in [2.24, 2.45) is 0 Å². The number of nitrogens with one attached hydrogen (secondary N) is 2. The summed E-state index contributed by atoms with van der Waals surface area (Å²) in [6, 6.07) is 0.842. The topological polar surface area (TPSA) is 67.9 Å². The molecule has 3 aliphatic rings. The summed E-state index contributed by atoms with van der Waals surface area (Å²) in [6.45, 7) is 4.06. The van der Waals surface area contributed by atoms with E-state index in [1.165, 1.54) is 0 Å². The quantitative estimate of drug-likeness (QED) is 0.633. The van der Waals surface area contributed by atoms with Crippen molar-refractivity contribution < 1.29 is 9.59 Å². The molecule has 3 rings (SSSR count). The van der Waals surface area contributed by atoms with Crippen molar-refractivity contribution in [3.05, 3.63) is 0 Å². The maximum Gasteiger partial charge on any atom is 0.239 e. The van der Waals surface area contributed by atoms with Crippen molar-refractivity contribution in [1.82, 2.24) is 25.3 Å². The Labute approximate surface area is 162 Å². The molecule has 150 valence electrons. The predicted octanol–water partition coefficient (Wildman–Crippen LogP) is -0.517. The van der Waals surface area contributed by atoms with E-state index in [0.717, 1.165) is 45.3 Å². The van der Waals surface area contributed by atoms with E-state index in [0.29, 0.717) is 19.0 Å². The summed E-state index contributed by atoms with van der Waals surface area (Å²) in [5, 5.41) is 5.86. The Balaban J connectivity index is 1.61. The number of hydrogen-bond acceptors (Lipinski definition) is 5. The highest BCUT2D eigenvalue weighted by atomic mass is 16.2. The number of hydrogen-bond donors (Lipinski definition) is 2. The smallest absolute Gasteiger partial charge is 0.239 e. The third kappa shape index (κ3) is 4.63. The predicted molar refractivity (Wildman–Crippen MR) is 105 cm³/mol. The lowest BCUT2D eigenvalue weighted by molar-refractivity contribution is -0.127. The molecular weight excluding hydrogens is 342 g/mol. The summed E-state index contributed by atoms with van der Waals surface area (Å²) in [7, 11) is 4.28. The van der Waals surface area contributed by atoms with Crippen molar-refractivity contribution in [3.63, 3.8) is 0 Å². The summed E-state index contributed by atoms with van der Waals surface area (Å²) < 4.78 is 0. The van der Waals surface area contributed by atoms with Crippen LogP contribution in [0.4, 0.5) is 0 Å². The van der Waals surface area contributed by atoms with Crippen LogP contribution in [0.3, 0.4) is 0 Å². The maximum atomic E-state index is 12.9. The van der Waals surface area contributed by atoms with Crippen LogP contribution >= 0.6 is 0 Å². The summed E-state index contributed by atoms with van der Waals surface area (Å²) in [5.41, 5.74) is 0. The van der Waals surface area contributed by atoms with Crippen molar-refractivity contribution in [2.45, 2.75) is 56.3 Å². The van der Waals surface area contributed by atoms with Gasteiger partial charge in [-0.2, -0.15) is 0 Å². The van der Waals surface area contributed by atoms with Crippen LogP contribution in [0.2, 0.25) is 0 Å². The highest BCUT2D eigenvalue weighted by Crippen LogP contribution is 2.31. The van der Waals surface area contributed by atoms with Crippen molar-refractivity contribution in [3.8, 4) is 12.3 Å². The Morgan fingerprint density at radius 1 is 1.26 bits per heavy atom. The summed E-state index contributed by atoms with van der Waals surface area (Å²) in [5.74, 6) is 2.56. The molecule has 3 fully saturated rings. The standard InChI is InChI=1S/C20H33N5O2/c1-4-10-21-18(26)6-5-16-14-22-20(27)19-17(24(16)3)9-13-25(19)15-7-11-23(2)12-8-15/h1,15-17,19H,5-14H2,2-3H3,(H,21,26)(H,22,27). The van der Waals surface area contributed by atoms with E-state index in [1.807, 2.05) is 0 Å². The molecule has 27 heavy (non-hydrogen) atoms. The average molecular weight is 376 g/mol. The second kappa shape index (κ2) is 9.05. The van der Waals surface area contributed by atoms with Crippen LogP contribution in [0, 0.1) is 12.3 Å². The normalized spacial score (nSPS) is 31.0. The van der Waals surface area contributed by atoms with E-state index in [9.17, 15) is 9.59 Å². The molecule has 0 aromatic carbocycles. The fourth-order valence-electron chi connectivity index (χ4n) is 4.87. The molecule has 2 N–H and O–H groups in total. The Hall–Kier alpha value is -1.62. The fraction of sp³-hybridized carbons (Fsp3) is 0.800. The molecule has 7 heteroatoms. The van der Waals surface area contributed by atoms with Crippen molar-refractivity contribution in [1.29, 1.82) is 0 Å². The number of likely N-dealkylation sites (tertiary alicyclic amines) is 2. The van der Waals surface area contributed by atoms with Gasteiger partial charge in [-0.15, -0.1) is 6.42 Å². The van der Waals surface area contributed by atoms with Crippen LogP contribution < -0.4 is 10.6 Å². The Kier molecular flexibility index (Phi) is 6.74. The third-order valence-electron chi connectivity index (χ3n) is 6.53. The number of carbonyl (C=O) groups is 2. The van der Waals surface area contributed by atoms with Crippen LogP contribution in [0.15, 0.2) is 0 Å². The zero-order valence-electron chi connectivity index (χ0n) is 16.6. The number of fused-ring (bicyclic) bond motifs is 1. The zero-order valence-corrected chi connectivity index (χ0v) is 16.6. The maximum absolute atomic E-state index is 12.9. The van der Waals surface area contributed by atoms with Gasteiger partial charge in [-0.05, 0) is 52.9 Å². The Bertz CT molecular complexity index is 581. The number of terminal acetylenes is 1. The number of amides is 2. The largest absolute Gasteiger partial charge is 0.353 e. The Morgan fingerprint density at radius 2 is 2.00 bits per heavy atom. The van der Waals surface area contributed by atoms with E-state index >= 15 is 0 Å². The molecular formula is C20H33N5O2. The second-order valence-electron chi connectivity index (χ2n) is 8.16. The molecule has 0 aromatic rings. The van der Waals surface area contributed by atoms with Crippen molar-refractivity contribution >= 4 is 11.8 Å². The van der Waals surface area contributed by atoms with Gasteiger partial charge in [-0.3, -0.25) is 19.4 Å². The minimum Gasteiger partial charge on any atom is -0.353 e. The first-order valence-electron chi connectivity index (χ1n) is 10.2. The molecule has 3 aliphatic heterocycles. The molecule has 0 aliphatic carbocycles. The van der Waals surface area contributed by atoms with Crippen molar-refractivity contribution in [2.75, 3.05) is 46.8 Å². The molecule has 0 radical (unpaired) electrons. The summed E-state index contributed by atoms with van der Waals surface area (Å²) in [6.07, 6.45) is 9.63. The van der Waals surface area contributed by atoms with Gasteiger partial charge in [0, 0.05) is 37.6 Å². The van der Waals surface area contributed by atoms with E-state index in [-0.39, 0.29) is 36.5 Å². The third-order valence-corrected chi connectivity index (χ3v) is 6.53. The van der Waals surface area contributed by atoms with Gasteiger partial charge in [0.1, 0.15) is 6.04 Å². The highest BCUT2D eigenvalue weighted by Gasteiger charge is 2.47. The zero-order chi connectivity index (χ0) is 19.4. The number of piperidine rings is 1. The number of rotatable bonds is 5. The molecule has 0 aromatic heterocycles. The van der Waals surface area contributed by atoms with Crippen LogP contribution in [0.1, 0.15) is 32.1 Å². The van der Waals surface area contributed by atoms with Gasteiger partial charge in [0.2, 0.25) is 11.8 Å². The van der Waals surface area contributed by atoms with Gasteiger partial charge in [0.25, 0.3) is 0 Å². The lowest BCUT2D eigenvalue weighted by Crippen LogP contribution is -2.54.